The van der Waals surface area contributed by atoms with E-state index in [1.54, 1.807) is 6.92 Å². The molecule has 0 bridgehead atoms. The van der Waals surface area contributed by atoms with Crippen LogP contribution in [0, 0.1) is 0 Å². The van der Waals surface area contributed by atoms with Crippen LogP contribution in [-0.2, 0) is 0 Å². The summed E-state index contributed by atoms with van der Waals surface area (Å²) >= 11 is 0. The molecule has 0 radical (unpaired) electrons. The van der Waals surface area contributed by atoms with E-state index in [0.717, 1.165) is 0 Å². The van der Waals surface area contributed by atoms with Gasteiger partial charge in [-0.25, -0.2) is 0 Å². The molecule has 4 atom stereocenters. The van der Waals surface area contributed by atoms with Gasteiger partial charge in [0.15, 0.2) is 0 Å². The Kier molecular flexibility index (Phi) is 11.4. The first-order valence-electron chi connectivity index (χ1n) is 7.18. The summed E-state index contributed by atoms with van der Waals surface area (Å²) in [6.45, 7) is 1.94. The van der Waals surface area contributed by atoms with Gasteiger partial charge >= 0.3 is 0 Å². The third-order valence-electron chi connectivity index (χ3n) is 3.21. The van der Waals surface area contributed by atoms with Gasteiger partial charge in [0, 0.05) is 11.5 Å². The summed E-state index contributed by atoms with van der Waals surface area (Å²) in [5.41, 5.74) is 8.09. The lowest BCUT2D eigenvalue weighted by Crippen LogP contribution is -2.17. The van der Waals surface area contributed by atoms with E-state index in [1.807, 2.05) is 0 Å². The maximum Gasteiger partial charge on any atom is 0.0542 e. The van der Waals surface area contributed by atoms with Crippen molar-refractivity contribution >= 4 is 0 Å². The number of rotatable bonds is 12. The van der Waals surface area contributed by atoms with Gasteiger partial charge in [-0.2, -0.15) is 0 Å². The number of nitrogens with zero attached hydrogens (tertiary/aromatic N) is 3. The lowest BCUT2D eigenvalue weighted by Gasteiger charge is -2.16. The first-order valence-corrected chi connectivity index (χ1v) is 7.18. The third-order valence-corrected chi connectivity index (χ3v) is 3.21. The van der Waals surface area contributed by atoms with Crippen LogP contribution in [0.15, 0.2) is 5.11 Å². The van der Waals surface area contributed by atoms with Crippen LogP contribution in [-0.4, -0.2) is 51.4 Å². The van der Waals surface area contributed by atoms with Gasteiger partial charge in [-0.15, -0.1) is 0 Å². The van der Waals surface area contributed by atoms with Crippen LogP contribution in [0.3, 0.4) is 0 Å². The van der Waals surface area contributed by atoms with Crippen molar-refractivity contribution in [2.75, 3.05) is 6.54 Å². The first-order chi connectivity index (χ1) is 9.45. The van der Waals surface area contributed by atoms with Gasteiger partial charge in [-0.1, -0.05) is 5.11 Å². The SMILES string of the molecule is CC(O)CCC(O)CCC(O)CCC(O)CCN=[N+]=[N-]. The zero-order valence-corrected chi connectivity index (χ0v) is 12.1. The average molecular weight is 289 g/mol. The van der Waals surface area contributed by atoms with Crippen molar-refractivity contribution < 1.29 is 20.4 Å². The molecule has 118 valence electrons. The molecular weight excluding hydrogens is 262 g/mol. The second kappa shape index (κ2) is 11.9. The summed E-state index contributed by atoms with van der Waals surface area (Å²) in [6.07, 6.45) is 1.30. The summed E-state index contributed by atoms with van der Waals surface area (Å²) in [4.78, 5) is 2.60. The Bertz CT molecular complexity index is 283. The number of hydrogen-bond donors (Lipinski definition) is 4. The van der Waals surface area contributed by atoms with E-state index in [0.29, 0.717) is 44.9 Å². The van der Waals surface area contributed by atoms with Crippen LogP contribution in [0.5, 0.6) is 0 Å². The van der Waals surface area contributed by atoms with E-state index < -0.39 is 24.4 Å². The Morgan fingerprint density at radius 1 is 0.800 bits per heavy atom. The highest BCUT2D eigenvalue weighted by molar-refractivity contribution is 4.66. The van der Waals surface area contributed by atoms with Crippen molar-refractivity contribution in [1.29, 1.82) is 0 Å². The van der Waals surface area contributed by atoms with Crippen molar-refractivity contribution in [1.82, 2.24) is 0 Å². The van der Waals surface area contributed by atoms with Crippen molar-refractivity contribution in [2.24, 2.45) is 5.11 Å². The lowest BCUT2D eigenvalue weighted by atomic mass is 10.0. The number of azide groups is 1. The summed E-state index contributed by atoms with van der Waals surface area (Å²) in [5, 5.41) is 41.4. The molecular formula is C13H27N3O4. The van der Waals surface area contributed by atoms with Crippen molar-refractivity contribution in [3.63, 3.8) is 0 Å². The van der Waals surface area contributed by atoms with E-state index in [9.17, 15) is 15.3 Å². The Morgan fingerprint density at radius 3 is 1.60 bits per heavy atom. The zero-order chi connectivity index (χ0) is 15.4. The van der Waals surface area contributed by atoms with Gasteiger partial charge < -0.3 is 20.4 Å². The Morgan fingerprint density at radius 2 is 1.20 bits per heavy atom. The van der Waals surface area contributed by atoms with Gasteiger partial charge in [0.25, 0.3) is 0 Å². The molecule has 0 saturated carbocycles. The smallest absolute Gasteiger partial charge is 0.0542 e. The predicted octanol–water partition coefficient (Wildman–Crippen LogP) is 1.49. The predicted molar refractivity (Wildman–Crippen MR) is 76.0 cm³/mol. The minimum Gasteiger partial charge on any atom is -0.393 e. The third kappa shape index (κ3) is 12.2. The minimum atomic E-state index is -0.574. The molecule has 0 aromatic rings. The molecule has 0 fully saturated rings. The fourth-order valence-electron chi connectivity index (χ4n) is 1.89. The van der Waals surface area contributed by atoms with Crippen LogP contribution in [0.1, 0.15) is 51.9 Å². The van der Waals surface area contributed by atoms with Crippen molar-refractivity contribution in [3.8, 4) is 0 Å². The van der Waals surface area contributed by atoms with Crippen LogP contribution >= 0.6 is 0 Å². The van der Waals surface area contributed by atoms with Gasteiger partial charge in [0.1, 0.15) is 0 Å². The molecule has 20 heavy (non-hydrogen) atoms. The summed E-state index contributed by atoms with van der Waals surface area (Å²) in [7, 11) is 0. The molecule has 0 aliphatic heterocycles. The summed E-state index contributed by atoms with van der Waals surface area (Å²) in [6, 6.07) is 0. The fraction of sp³-hybridized carbons (Fsp3) is 1.00. The van der Waals surface area contributed by atoms with Crippen LogP contribution < -0.4 is 0 Å². The fourth-order valence-corrected chi connectivity index (χ4v) is 1.89. The quantitative estimate of drug-likeness (QED) is 0.246. The van der Waals surface area contributed by atoms with E-state index in [-0.39, 0.29) is 6.54 Å². The topological polar surface area (TPSA) is 130 Å². The molecule has 4 N–H and O–H groups in total. The highest BCUT2D eigenvalue weighted by Crippen LogP contribution is 2.13. The maximum atomic E-state index is 9.74. The molecule has 4 unspecified atom stereocenters. The van der Waals surface area contributed by atoms with E-state index in [1.165, 1.54) is 0 Å². The van der Waals surface area contributed by atoms with Crippen LogP contribution in [0.4, 0.5) is 0 Å². The highest BCUT2D eigenvalue weighted by Gasteiger charge is 2.12. The largest absolute Gasteiger partial charge is 0.393 e. The molecule has 7 heteroatoms. The van der Waals surface area contributed by atoms with Gasteiger partial charge in [-0.3, -0.25) is 0 Å². The van der Waals surface area contributed by atoms with Gasteiger partial charge in [-0.05, 0) is 57.4 Å². The van der Waals surface area contributed by atoms with Gasteiger partial charge in [0.2, 0.25) is 0 Å². The summed E-state index contributed by atoms with van der Waals surface area (Å²) < 4.78 is 0. The standard InChI is InChI=1S/C13H27N3O4/c1-10(17)2-3-11(18)4-5-12(19)6-7-13(20)8-9-15-16-14/h10-13,17-20H,2-9H2,1H3. The molecule has 0 heterocycles. The number of aliphatic hydroxyl groups excluding tert-OH is 4. The first kappa shape index (κ1) is 19.1. The normalized spacial score (nSPS) is 17.1. The van der Waals surface area contributed by atoms with Crippen molar-refractivity contribution in [2.45, 2.75) is 76.3 Å². The average Bonchev–Trinajstić information content (AvgIpc) is 2.40. The molecule has 0 spiro atoms. The number of aliphatic hydroxyl groups is 4. The lowest BCUT2D eigenvalue weighted by molar-refractivity contribution is 0.0772. The van der Waals surface area contributed by atoms with Crippen molar-refractivity contribution in [3.05, 3.63) is 10.4 Å². The van der Waals surface area contributed by atoms with E-state index >= 15 is 0 Å². The molecule has 0 aromatic carbocycles. The second-order valence-corrected chi connectivity index (χ2v) is 5.29. The molecule has 0 aliphatic rings. The molecule has 0 saturated heterocycles. The Hall–Kier alpha value is -0.850. The summed E-state index contributed by atoms with van der Waals surface area (Å²) in [5.74, 6) is 0. The van der Waals surface area contributed by atoms with Crippen LogP contribution in [0.2, 0.25) is 0 Å². The second-order valence-electron chi connectivity index (χ2n) is 5.29. The monoisotopic (exact) mass is 289 g/mol. The number of hydrogen-bond acceptors (Lipinski definition) is 5. The maximum absolute atomic E-state index is 9.74. The van der Waals surface area contributed by atoms with E-state index in [2.05, 4.69) is 10.0 Å². The molecule has 0 rings (SSSR count). The molecule has 0 aliphatic carbocycles. The highest BCUT2D eigenvalue weighted by atomic mass is 16.3. The molecule has 7 nitrogen and oxygen atoms in total. The molecule has 0 amide bonds. The van der Waals surface area contributed by atoms with Crippen LogP contribution in [0.25, 0.3) is 10.4 Å². The molecule has 0 aromatic heterocycles. The Balaban J connectivity index is 3.61. The Labute approximate surface area is 119 Å². The van der Waals surface area contributed by atoms with E-state index in [4.69, 9.17) is 10.6 Å². The zero-order valence-electron chi connectivity index (χ0n) is 12.1. The van der Waals surface area contributed by atoms with Gasteiger partial charge in [0.05, 0.1) is 24.4 Å². The minimum absolute atomic E-state index is 0.256.